The van der Waals surface area contributed by atoms with E-state index in [1.54, 1.807) is 7.11 Å². The van der Waals surface area contributed by atoms with Gasteiger partial charge in [0.25, 0.3) is 0 Å². The van der Waals surface area contributed by atoms with Crippen LogP contribution < -0.4 is 5.73 Å². The quantitative estimate of drug-likeness (QED) is 0.854. The summed E-state index contributed by atoms with van der Waals surface area (Å²) >= 11 is 0. The van der Waals surface area contributed by atoms with E-state index >= 15 is 0 Å². The fraction of sp³-hybridized carbons (Fsp3) is 0.692. The van der Waals surface area contributed by atoms with Gasteiger partial charge in [-0.1, -0.05) is 13.8 Å². The monoisotopic (exact) mass is 237 g/mol. The summed E-state index contributed by atoms with van der Waals surface area (Å²) in [6.45, 7) is 8.08. The van der Waals surface area contributed by atoms with Crippen molar-refractivity contribution in [2.75, 3.05) is 7.11 Å². The second-order valence-corrected chi connectivity index (χ2v) is 4.43. The van der Waals surface area contributed by atoms with Gasteiger partial charge in [0.15, 0.2) is 5.82 Å². The molecule has 0 aromatic carbocycles. The lowest BCUT2D eigenvalue weighted by Gasteiger charge is -2.29. The Balaban J connectivity index is 3.20. The number of methoxy groups -OCH3 is 1. The summed E-state index contributed by atoms with van der Waals surface area (Å²) in [6, 6.07) is -0.0377. The first-order valence-electron chi connectivity index (χ1n) is 6.15. The summed E-state index contributed by atoms with van der Waals surface area (Å²) in [7, 11) is 1.71. The molecule has 0 radical (unpaired) electrons. The lowest BCUT2D eigenvalue weighted by atomic mass is 9.95. The maximum absolute atomic E-state index is 5.86. The van der Waals surface area contributed by atoms with Crippen LogP contribution >= 0.6 is 0 Å². The fourth-order valence-electron chi connectivity index (χ4n) is 2.09. The van der Waals surface area contributed by atoms with Gasteiger partial charge in [-0.05, 0) is 26.7 Å². The predicted octanol–water partition coefficient (Wildman–Crippen LogP) is 2.47. The molecule has 0 saturated heterocycles. The summed E-state index contributed by atoms with van der Waals surface area (Å²) in [4.78, 5) is 8.99. The van der Waals surface area contributed by atoms with Gasteiger partial charge in [0.2, 0.25) is 0 Å². The Kier molecular flexibility index (Phi) is 4.60. The summed E-state index contributed by atoms with van der Waals surface area (Å²) in [5.41, 5.74) is 7.42. The Bertz CT molecular complexity index is 365. The maximum atomic E-state index is 5.86. The van der Waals surface area contributed by atoms with Gasteiger partial charge in [-0.3, -0.25) is 0 Å². The molecule has 0 saturated carbocycles. The number of hydrogen-bond donors (Lipinski definition) is 1. The van der Waals surface area contributed by atoms with E-state index in [-0.39, 0.29) is 11.6 Å². The highest BCUT2D eigenvalue weighted by molar-refractivity contribution is 5.21. The molecule has 0 fully saturated rings. The van der Waals surface area contributed by atoms with Crippen molar-refractivity contribution in [1.29, 1.82) is 0 Å². The third kappa shape index (κ3) is 2.64. The lowest BCUT2D eigenvalue weighted by Crippen LogP contribution is -2.30. The van der Waals surface area contributed by atoms with Crippen LogP contribution in [0.5, 0.6) is 0 Å². The van der Waals surface area contributed by atoms with Gasteiger partial charge in [0.05, 0.1) is 0 Å². The van der Waals surface area contributed by atoms with Crippen LogP contribution in [0.25, 0.3) is 0 Å². The highest BCUT2D eigenvalue weighted by Crippen LogP contribution is 2.30. The van der Waals surface area contributed by atoms with Crippen molar-refractivity contribution in [2.24, 2.45) is 5.73 Å². The van der Waals surface area contributed by atoms with E-state index in [0.29, 0.717) is 0 Å². The first-order valence-corrected chi connectivity index (χ1v) is 6.15. The SMILES string of the molecule is CCC(CC)(OC)c1ncc(C(C)N)c(C)n1. The Morgan fingerprint density at radius 2 is 2.00 bits per heavy atom. The average Bonchev–Trinajstić information content (AvgIpc) is 2.32. The number of nitrogens with two attached hydrogens (primary N) is 1. The molecule has 4 nitrogen and oxygen atoms in total. The molecule has 1 heterocycles. The average molecular weight is 237 g/mol. The molecular formula is C13H23N3O. The standard InChI is InChI=1S/C13H23N3O/c1-6-13(7-2,17-5)12-15-8-11(9(3)14)10(4)16-12/h8-9H,6-7,14H2,1-5H3. The van der Waals surface area contributed by atoms with E-state index in [0.717, 1.165) is 29.9 Å². The second-order valence-electron chi connectivity index (χ2n) is 4.43. The van der Waals surface area contributed by atoms with Crippen molar-refractivity contribution < 1.29 is 4.74 Å². The van der Waals surface area contributed by atoms with Crippen molar-refractivity contribution in [1.82, 2.24) is 9.97 Å². The van der Waals surface area contributed by atoms with Crippen LogP contribution in [0.4, 0.5) is 0 Å². The van der Waals surface area contributed by atoms with Gasteiger partial charge in [-0.25, -0.2) is 9.97 Å². The van der Waals surface area contributed by atoms with Gasteiger partial charge in [-0.2, -0.15) is 0 Å². The van der Waals surface area contributed by atoms with Crippen LogP contribution in [0, 0.1) is 6.92 Å². The Hall–Kier alpha value is -1.00. The van der Waals surface area contributed by atoms with Gasteiger partial charge >= 0.3 is 0 Å². The number of nitrogens with zero attached hydrogens (tertiary/aromatic N) is 2. The highest BCUT2D eigenvalue weighted by atomic mass is 16.5. The molecule has 1 aromatic rings. The van der Waals surface area contributed by atoms with Gasteiger partial charge in [-0.15, -0.1) is 0 Å². The zero-order chi connectivity index (χ0) is 13.1. The number of hydrogen-bond acceptors (Lipinski definition) is 4. The summed E-state index contributed by atoms with van der Waals surface area (Å²) in [6.07, 6.45) is 3.54. The lowest BCUT2D eigenvalue weighted by molar-refractivity contribution is -0.0293. The Morgan fingerprint density at radius 1 is 1.41 bits per heavy atom. The van der Waals surface area contributed by atoms with Crippen LogP contribution in [0.3, 0.4) is 0 Å². The molecule has 2 N–H and O–H groups in total. The zero-order valence-corrected chi connectivity index (χ0v) is 11.4. The van der Waals surface area contributed by atoms with Crippen LogP contribution in [0.1, 0.15) is 56.7 Å². The third-order valence-corrected chi connectivity index (χ3v) is 3.45. The Labute approximate surface area is 104 Å². The minimum absolute atomic E-state index is 0.0377. The van der Waals surface area contributed by atoms with Crippen molar-refractivity contribution in [3.63, 3.8) is 0 Å². The first-order chi connectivity index (χ1) is 8.00. The molecule has 1 rings (SSSR count). The molecule has 17 heavy (non-hydrogen) atoms. The molecule has 1 aromatic heterocycles. The van der Waals surface area contributed by atoms with Crippen molar-refractivity contribution in [2.45, 2.75) is 52.2 Å². The normalized spacial score (nSPS) is 13.8. The molecule has 0 spiro atoms. The molecule has 1 atom stereocenters. The van der Waals surface area contributed by atoms with E-state index in [1.807, 2.05) is 20.0 Å². The topological polar surface area (TPSA) is 61.0 Å². The molecule has 96 valence electrons. The van der Waals surface area contributed by atoms with Crippen LogP contribution in [0.2, 0.25) is 0 Å². The maximum Gasteiger partial charge on any atom is 0.160 e. The minimum Gasteiger partial charge on any atom is -0.370 e. The molecule has 0 aliphatic rings. The summed E-state index contributed by atoms with van der Waals surface area (Å²) < 4.78 is 5.62. The van der Waals surface area contributed by atoms with Crippen LogP contribution in [-0.2, 0) is 10.3 Å². The molecule has 4 heteroatoms. The predicted molar refractivity (Wildman–Crippen MR) is 68.6 cm³/mol. The number of rotatable bonds is 5. The minimum atomic E-state index is -0.374. The third-order valence-electron chi connectivity index (χ3n) is 3.45. The van der Waals surface area contributed by atoms with Gasteiger partial charge in [0.1, 0.15) is 5.60 Å². The van der Waals surface area contributed by atoms with Gasteiger partial charge < -0.3 is 10.5 Å². The second kappa shape index (κ2) is 5.56. The largest absolute Gasteiger partial charge is 0.370 e. The van der Waals surface area contributed by atoms with E-state index in [1.165, 1.54) is 0 Å². The smallest absolute Gasteiger partial charge is 0.160 e. The molecule has 1 unspecified atom stereocenters. The summed E-state index contributed by atoms with van der Waals surface area (Å²) in [5.74, 6) is 0.756. The molecule has 0 aliphatic heterocycles. The van der Waals surface area contributed by atoms with Crippen molar-refractivity contribution >= 4 is 0 Å². The summed E-state index contributed by atoms with van der Waals surface area (Å²) in [5, 5.41) is 0. The molecule has 0 aliphatic carbocycles. The number of aryl methyl sites for hydroxylation is 1. The van der Waals surface area contributed by atoms with E-state index in [9.17, 15) is 0 Å². The van der Waals surface area contributed by atoms with Crippen LogP contribution in [0.15, 0.2) is 6.20 Å². The highest BCUT2D eigenvalue weighted by Gasteiger charge is 2.31. The molecule has 0 amide bonds. The zero-order valence-electron chi connectivity index (χ0n) is 11.4. The number of aromatic nitrogens is 2. The van der Waals surface area contributed by atoms with E-state index in [4.69, 9.17) is 10.5 Å². The van der Waals surface area contributed by atoms with Crippen molar-refractivity contribution in [3.05, 3.63) is 23.3 Å². The fourth-order valence-corrected chi connectivity index (χ4v) is 2.09. The number of ether oxygens (including phenoxy) is 1. The first kappa shape index (κ1) is 14.1. The van der Waals surface area contributed by atoms with Gasteiger partial charge in [0, 0.05) is 30.6 Å². The Morgan fingerprint density at radius 3 is 2.35 bits per heavy atom. The van der Waals surface area contributed by atoms with Crippen LogP contribution in [-0.4, -0.2) is 17.1 Å². The molecule has 0 bridgehead atoms. The molecular weight excluding hydrogens is 214 g/mol. The van der Waals surface area contributed by atoms with Crippen molar-refractivity contribution in [3.8, 4) is 0 Å². The van der Waals surface area contributed by atoms with E-state index < -0.39 is 0 Å². The van der Waals surface area contributed by atoms with E-state index in [2.05, 4.69) is 23.8 Å².